The predicted molar refractivity (Wildman–Crippen MR) is 82.5 cm³/mol. The second-order valence-corrected chi connectivity index (χ2v) is 7.44. The molecule has 1 aromatic carbocycles. The second-order valence-electron chi connectivity index (χ2n) is 5.68. The molecule has 2 heterocycles. The van der Waals surface area contributed by atoms with E-state index in [1.807, 2.05) is 6.92 Å². The van der Waals surface area contributed by atoms with Crippen molar-refractivity contribution in [1.82, 2.24) is 24.9 Å². The summed E-state index contributed by atoms with van der Waals surface area (Å²) in [4.78, 5) is 0.200. The molecule has 1 N–H and O–H groups in total. The molecule has 1 aliphatic rings. The Morgan fingerprint density at radius 3 is 3.04 bits per heavy atom. The fraction of sp³-hybridized carbons (Fsp3) is 0.500. The van der Waals surface area contributed by atoms with Gasteiger partial charge in [0.1, 0.15) is 6.33 Å². The molecule has 9 heteroatoms. The summed E-state index contributed by atoms with van der Waals surface area (Å²) in [5.74, 6) is 0.302. The van der Waals surface area contributed by atoms with Crippen molar-refractivity contribution in [1.29, 1.82) is 0 Å². The number of hydrogen-bond donors (Lipinski definition) is 1. The van der Waals surface area contributed by atoms with E-state index in [1.165, 1.54) is 11.0 Å². The van der Waals surface area contributed by atoms with E-state index in [4.69, 9.17) is 4.74 Å². The molecule has 1 saturated heterocycles. The van der Waals surface area contributed by atoms with Crippen molar-refractivity contribution in [2.24, 2.45) is 5.92 Å². The van der Waals surface area contributed by atoms with Gasteiger partial charge in [0, 0.05) is 13.2 Å². The van der Waals surface area contributed by atoms with Crippen molar-refractivity contribution >= 4 is 10.0 Å². The molecule has 2 aromatic rings. The van der Waals surface area contributed by atoms with E-state index in [2.05, 4.69) is 20.2 Å². The quantitative estimate of drug-likeness (QED) is 0.864. The van der Waals surface area contributed by atoms with Crippen molar-refractivity contribution in [2.75, 3.05) is 13.2 Å². The van der Waals surface area contributed by atoms with Crippen LogP contribution < -0.4 is 4.72 Å². The average molecular weight is 337 g/mol. The van der Waals surface area contributed by atoms with Gasteiger partial charge in [-0.05, 0) is 54.3 Å². The summed E-state index contributed by atoms with van der Waals surface area (Å²) in [7, 11) is -3.56. The molecule has 0 saturated carbocycles. The van der Waals surface area contributed by atoms with E-state index in [0.717, 1.165) is 12.8 Å². The van der Waals surface area contributed by atoms with E-state index in [1.54, 1.807) is 24.3 Å². The average Bonchev–Trinajstić information content (AvgIpc) is 3.08. The third kappa shape index (κ3) is 3.92. The maximum atomic E-state index is 12.5. The van der Waals surface area contributed by atoms with Crippen molar-refractivity contribution in [3.05, 3.63) is 30.6 Å². The van der Waals surface area contributed by atoms with Crippen LogP contribution in [0, 0.1) is 5.92 Å². The van der Waals surface area contributed by atoms with E-state index in [9.17, 15) is 8.42 Å². The Balaban J connectivity index is 1.71. The van der Waals surface area contributed by atoms with Crippen LogP contribution in [0.15, 0.2) is 35.5 Å². The Morgan fingerprint density at radius 2 is 2.30 bits per heavy atom. The molecular formula is C14H19N5O3S. The fourth-order valence-corrected chi connectivity index (χ4v) is 3.82. The highest BCUT2D eigenvalue weighted by Crippen LogP contribution is 2.20. The molecular weight excluding hydrogens is 318 g/mol. The van der Waals surface area contributed by atoms with Crippen LogP contribution in [0.1, 0.15) is 19.8 Å². The van der Waals surface area contributed by atoms with Crippen molar-refractivity contribution in [3.63, 3.8) is 0 Å². The molecule has 124 valence electrons. The van der Waals surface area contributed by atoms with Gasteiger partial charge in [0.15, 0.2) is 0 Å². The van der Waals surface area contributed by atoms with Crippen LogP contribution in [-0.2, 0) is 14.8 Å². The van der Waals surface area contributed by atoms with Gasteiger partial charge in [0.25, 0.3) is 0 Å². The highest BCUT2D eigenvalue weighted by Gasteiger charge is 2.22. The minimum Gasteiger partial charge on any atom is -0.378 e. The summed E-state index contributed by atoms with van der Waals surface area (Å²) in [6.07, 6.45) is 3.34. The summed E-state index contributed by atoms with van der Waals surface area (Å²) in [5, 5.41) is 10.9. The molecule has 23 heavy (non-hydrogen) atoms. The molecule has 0 aliphatic carbocycles. The smallest absolute Gasteiger partial charge is 0.240 e. The van der Waals surface area contributed by atoms with Crippen LogP contribution in [0.5, 0.6) is 0 Å². The van der Waals surface area contributed by atoms with Crippen molar-refractivity contribution in [2.45, 2.75) is 30.8 Å². The Labute approximate surface area is 134 Å². The largest absolute Gasteiger partial charge is 0.378 e. The first kappa shape index (κ1) is 16.0. The van der Waals surface area contributed by atoms with Crippen molar-refractivity contribution < 1.29 is 13.2 Å². The highest BCUT2D eigenvalue weighted by molar-refractivity contribution is 7.89. The molecule has 2 atom stereocenters. The lowest BCUT2D eigenvalue weighted by Crippen LogP contribution is -2.34. The van der Waals surface area contributed by atoms with Crippen LogP contribution in [0.4, 0.5) is 0 Å². The lowest BCUT2D eigenvalue weighted by atomic mass is 9.97. The first-order valence-corrected chi connectivity index (χ1v) is 8.97. The number of nitrogens with zero attached hydrogens (tertiary/aromatic N) is 4. The maximum Gasteiger partial charge on any atom is 0.240 e. The van der Waals surface area contributed by atoms with Gasteiger partial charge in [-0.15, -0.1) is 5.10 Å². The van der Waals surface area contributed by atoms with Crippen LogP contribution in [0.2, 0.25) is 0 Å². The Morgan fingerprint density at radius 1 is 1.43 bits per heavy atom. The van der Waals surface area contributed by atoms with Gasteiger partial charge in [-0.1, -0.05) is 6.07 Å². The summed E-state index contributed by atoms with van der Waals surface area (Å²) in [5.41, 5.74) is 0.595. The monoisotopic (exact) mass is 337 g/mol. The van der Waals surface area contributed by atoms with Crippen LogP contribution in [0.3, 0.4) is 0 Å². The number of tetrazole rings is 1. The zero-order valence-corrected chi connectivity index (χ0v) is 13.6. The molecule has 1 aromatic heterocycles. The number of nitrogens with one attached hydrogen (secondary N) is 1. The fourth-order valence-electron chi connectivity index (χ4n) is 2.66. The van der Waals surface area contributed by atoms with Gasteiger partial charge in [0.2, 0.25) is 10.0 Å². The standard InChI is InChI=1S/C14H19N5O3S/c1-11-7-12(5-6-22-11)9-16-23(20,21)14-4-2-3-13(8-14)19-10-15-17-18-19/h2-4,8,10-12,16H,5-7,9H2,1H3/t11-,12+/m1/s1. The van der Waals surface area contributed by atoms with Crippen molar-refractivity contribution in [3.8, 4) is 5.69 Å². The molecule has 0 amide bonds. The van der Waals surface area contributed by atoms with E-state index in [-0.39, 0.29) is 11.0 Å². The number of aromatic nitrogens is 4. The number of sulfonamides is 1. The van der Waals surface area contributed by atoms with Crippen LogP contribution in [0.25, 0.3) is 5.69 Å². The van der Waals surface area contributed by atoms with Crippen LogP contribution in [-0.4, -0.2) is 47.9 Å². The second kappa shape index (κ2) is 6.73. The van der Waals surface area contributed by atoms with Gasteiger partial charge < -0.3 is 4.74 Å². The molecule has 8 nitrogen and oxygen atoms in total. The number of hydrogen-bond acceptors (Lipinski definition) is 6. The van der Waals surface area contributed by atoms with Gasteiger partial charge in [0.05, 0.1) is 16.7 Å². The molecule has 0 bridgehead atoms. The molecule has 3 rings (SSSR count). The van der Waals surface area contributed by atoms with E-state index >= 15 is 0 Å². The Hall–Kier alpha value is -1.84. The molecule has 1 fully saturated rings. The lowest BCUT2D eigenvalue weighted by molar-refractivity contribution is 0.00397. The van der Waals surface area contributed by atoms with E-state index in [0.29, 0.717) is 24.8 Å². The SMILES string of the molecule is C[C@@H]1C[C@@H](CNS(=O)(=O)c2cccc(-n3cnnn3)c2)CCO1. The van der Waals surface area contributed by atoms with E-state index < -0.39 is 10.0 Å². The molecule has 1 aliphatic heterocycles. The first-order valence-electron chi connectivity index (χ1n) is 7.49. The zero-order chi connectivity index (χ0) is 16.3. The Bertz CT molecular complexity index is 748. The summed E-state index contributed by atoms with van der Waals surface area (Å²) in [6, 6.07) is 6.52. The maximum absolute atomic E-state index is 12.5. The normalized spacial score (nSPS) is 22.1. The lowest BCUT2D eigenvalue weighted by Gasteiger charge is -2.27. The Kier molecular flexibility index (Phi) is 4.69. The third-order valence-electron chi connectivity index (χ3n) is 3.90. The van der Waals surface area contributed by atoms with Crippen LogP contribution >= 0.6 is 0 Å². The third-order valence-corrected chi connectivity index (χ3v) is 5.32. The van der Waals surface area contributed by atoms with Gasteiger partial charge in [-0.25, -0.2) is 17.8 Å². The minimum atomic E-state index is -3.56. The van der Waals surface area contributed by atoms with Gasteiger partial charge in [-0.3, -0.25) is 0 Å². The van der Waals surface area contributed by atoms with Gasteiger partial charge >= 0.3 is 0 Å². The molecule has 0 radical (unpaired) electrons. The van der Waals surface area contributed by atoms with Gasteiger partial charge in [-0.2, -0.15) is 0 Å². The first-order chi connectivity index (χ1) is 11.0. The highest BCUT2D eigenvalue weighted by atomic mass is 32.2. The zero-order valence-electron chi connectivity index (χ0n) is 12.8. The summed E-state index contributed by atoms with van der Waals surface area (Å²) < 4.78 is 34.5. The number of ether oxygens (including phenoxy) is 1. The predicted octanol–water partition coefficient (Wildman–Crippen LogP) is 0.756. The number of rotatable bonds is 5. The molecule has 0 spiro atoms. The summed E-state index contributed by atoms with van der Waals surface area (Å²) >= 11 is 0. The minimum absolute atomic E-state index is 0.182. The number of benzene rings is 1. The topological polar surface area (TPSA) is 99.0 Å². The summed E-state index contributed by atoms with van der Waals surface area (Å²) in [6.45, 7) is 3.11. The molecule has 0 unspecified atom stereocenters.